The molecule has 0 bridgehead atoms. The Morgan fingerprint density at radius 1 is 1.50 bits per heavy atom. The van der Waals surface area contributed by atoms with Gasteiger partial charge in [0.15, 0.2) is 0 Å². The van der Waals surface area contributed by atoms with E-state index >= 15 is 0 Å². The lowest BCUT2D eigenvalue weighted by Crippen LogP contribution is -2.24. The molecule has 20 heavy (non-hydrogen) atoms. The Morgan fingerprint density at radius 2 is 2.20 bits per heavy atom. The van der Waals surface area contributed by atoms with Crippen molar-refractivity contribution in [2.24, 2.45) is 5.73 Å². The molecule has 0 aliphatic carbocycles. The summed E-state index contributed by atoms with van der Waals surface area (Å²) >= 11 is 0. The van der Waals surface area contributed by atoms with Gasteiger partial charge in [-0.1, -0.05) is 12.1 Å². The van der Waals surface area contributed by atoms with Gasteiger partial charge in [-0.3, -0.25) is 4.79 Å². The molecule has 2 aromatic rings. The Kier molecular flexibility index (Phi) is 4.14. The zero-order valence-electron chi connectivity index (χ0n) is 11.4. The van der Waals surface area contributed by atoms with Crippen LogP contribution in [0.4, 0.5) is 10.1 Å². The smallest absolute Gasteiger partial charge is 0.226 e. The van der Waals surface area contributed by atoms with Crippen LogP contribution in [0, 0.1) is 12.7 Å². The molecule has 0 fully saturated rings. The number of aromatic nitrogens is 2. The predicted octanol–water partition coefficient (Wildman–Crippen LogP) is 2.00. The molecule has 0 aliphatic heterocycles. The van der Waals surface area contributed by atoms with Crippen LogP contribution in [0.25, 0.3) is 5.69 Å². The molecule has 1 aromatic heterocycles. The number of nitrogens with one attached hydrogen (secondary N) is 1. The number of nitrogens with zero attached hydrogens (tertiary/aromatic N) is 2. The minimum Gasteiger partial charge on any atom is -0.327 e. The molecule has 1 aromatic carbocycles. The van der Waals surface area contributed by atoms with E-state index in [1.165, 1.54) is 16.9 Å². The first kappa shape index (κ1) is 14.2. The molecule has 0 radical (unpaired) electrons. The number of amides is 1. The normalized spacial score (nSPS) is 12.2. The van der Waals surface area contributed by atoms with E-state index in [1.807, 2.05) is 0 Å². The maximum Gasteiger partial charge on any atom is 0.226 e. The molecule has 0 aliphatic rings. The van der Waals surface area contributed by atoms with E-state index in [9.17, 15) is 9.18 Å². The number of anilines is 1. The maximum atomic E-state index is 13.7. The van der Waals surface area contributed by atoms with Crippen LogP contribution in [0.1, 0.15) is 19.0 Å². The van der Waals surface area contributed by atoms with Gasteiger partial charge < -0.3 is 11.1 Å². The topological polar surface area (TPSA) is 72.9 Å². The quantitative estimate of drug-likeness (QED) is 0.897. The fourth-order valence-electron chi connectivity index (χ4n) is 1.89. The molecule has 0 saturated heterocycles. The Hall–Kier alpha value is -2.21. The molecule has 0 spiro atoms. The van der Waals surface area contributed by atoms with Crippen LogP contribution in [0.2, 0.25) is 0 Å². The summed E-state index contributed by atoms with van der Waals surface area (Å²) in [6.45, 7) is 3.52. The minimum atomic E-state index is -0.368. The fourth-order valence-corrected chi connectivity index (χ4v) is 1.89. The van der Waals surface area contributed by atoms with Crippen molar-refractivity contribution in [3.8, 4) is 5.69 Å². The third-order valence-electron chi connectivity index (χ3n) is 2.87. The Balaban J connectivity index is 2.24. The number of carbonyl (C=O) groups is 1. The summed E-state index contributed by atoms with van der Waals surface area (Å²) in [5.41, 5.74) is 7.13. The fraction of sp³-hybridized carbons (Fsp3) is 0.286. The van der Waals surface area contributed by atoms with Gasteiger partial charge in [-0.25, -0.2) is 9.07 Å². The average molecular weight is 276 g/mol. The van der Waals surface area contributed by atoms with Crippen molar-refractivity contribution in [3.05, 3.63) is 42.0 Å². The Bertz CT molecular complexity index is 621. The highest BCUT2D eigenvalue weighted by Gasteiger charge is 2.13. The third kappa shape index (κ3) is 3.03. The van der Waals surface area contributed by atoms with Gasteiger partial charge in [-0.2, -0.15) is 5.10 Å². The molecular formula is C14H17FN4O. The van der Waals surface area contributed by atoms with Gasteiger partial charge in [-0.15, -0.1) is 0 Å². The molecular weight excluding hydrogens is 259 g/mol. The molecule has 3 N–H and O–H groups in total. The van der Waals surface area contributed by atoms with Crippen LogP contribution >= 0.6 is 0 Å². The number of hydrogen-bond donors (Lipinski definition) is 2. The second-order valence-corrected chi connectivity index (χ2v) is 4.74. The van der Waals surface area contributed by atoms with Gasteiger partial charge >= 0.3 is 0 Å². The molecule has 5 nitrogen and oxygen atoms in total. The van der Waals surface area contributed by atoms with Gasteiger partial charge in [0.1, 0.15) is 11.5 Å². The van der Waals surface area contributed by atoms with E-state index in [4.69, 9.17) is 5.73 Å². The SMILES string of the molecule is Cc1c(NC(=O)CC(C)N)cnn1-c1ccccc1F. The van der Waals surface area contributed by atoms with Crippen LogP contribution in [-0.2, 0) is 4.79 Å². The number of hydrogen-bond acceptors (Lipinski definition) is 3. The van der Waals surface area contributed by atoms with Gasteiger partial charge in [0.25, 0.3) is 0 Å². The van der Waals surface area contributed by atoms with Crippen LogP contribution < -0.4 is 11.1 Å². The van der Waals surface area contributed by atoms with Crippen LogP contribution in [0.5, 0.6) is 0 Å². The van der Waals surface area contributed by atoms with Gasteiger partial charge in [0.2, 0.25) is 5.91 Å². The predicted molar refractivity (Wildman–Crippen MR) is 75.2 cm³/mol. The first-order chi connectivity index (χ1) is 9.49. The number of benzene rings is 1. The zero-order chi connectivity index (χ0) is 14.7. The zero-order valence-corrected chi connectivity index (χ0v) is 11.4. The van der Waals surface area contributed by atoms with Crippen molar-refractivity contribution in [2.75, 3.05) is 5.32 Å². The van der Waals surface area contributed by atoms with Gasteiger partial charge in [-0.05, 0) is 26.0 Å². The maximum absolute atomic E-state index is 13.7. The van der Waals surface area contributed by atoms with Crippen molar-refractivity contribution < 1.29 is 9.18 Å². The summed E-state index contributed by atoms with van der Waals surface area (Å²) < 4.78 is 15.2. The number of halogens is 1. The number of para-hydroxylation sites is 1. The molecule has 6 heteroatoms. The van der Waals surface area contributed by atoms with E-state index in [2.05, 4.69) is 10.4 Å². The van der Waals surface area contributed by atoms with Crippen LogP contribution in [-0.4, -0.2) is 21.7 Å². The third-order valence-corrected chi connectivity index (χ3v) is 2.87. The summed E-state index contributed by atoms with van der Waals surface area (Å²) in [4.78, 5) is 11.7. The average Bonchev–Trinajstić information content (AvgIpc) is 2.71. The Morgan fingerprint density at radius 3 is 2.85 bits per heavy atom. The number of rotatable bonds is 4. The summed E-state index contributed by atoms with van der Waals surface area (Å²) in [5.74, 6) is -0.552. The minimum absolute atomic E-state index is 0.184. The van der Waals surface area contributed by atoms with Crippen molar-refractivity contribution >= 4 is 11.6 Å². The van der Waals surface area contributed by atoms with E-state index < -0.39 is 0 Å². The van der Waals surface area contributed by atoms with Gasteiger partial charge in [0.05, 0.1) is 17.6 Å². The second kappa shape index (κ2) is 5.83. The Labute approximate surface area is 116 Å². The lowest BCUT2D eigenvalue weighted by Gasteiger charge is -2.08. The summed E-state index contributed by atoms with van der Waals surface area (Å²) in [6.07, 6.45) is 1.73. The lowest BCUT2D eigenvalue weighted by atomic mass is 10.2. The summed E-state index contributed by atoms with van der Waals surface area (Å²) in [5, 5.41) is 6.84. The molecule has 1 heterocycles. The van der Waals surface area contributed by atoms with Crippen molar-refractivity contribution in [3.63, 3.8) is 0 Å². The summed E-state index contributed by atoms with van der Waals surface area (Å²) in [7, 11) is 0. The first-order valence-electron chi connectivity index (χ1n) is 6.34. The first-order valence-corrected chi connectivity index (χ1v) is 6.34. The van der Waals surface area contributed by atoms with E-state index in [0.717, 1.165) is 0 Å². The molecule has 1 unspecified atom stereocenters. The highest BCUT2D eigenvalue weighted by atomic mass is 19.1. The van der Waals surface area contributed by atoms with Crippen molar-refractivity contribution in [1.82, 2.24) is 9.78 Å². The molecule has 1 atom stereocenters. The molecule has 2 rings (SSSR count). The second-order valence-electron chi connectivity index (χ2n) is 4.74. The molecule has 1 amide bonds. The molecule has 106 valence electrons. The van der Waals surface area contributed by atoms with E-state index in [0.29, 0.717) is 17.1 Å². The van der Waals surface area contributed by atoms with E-state index in [-0.39, 0.29) is 24.2 Å². The monoisotopic (exact) mass is 276 g/mol. The highest BCUT2D eigenvalue weighted by Crippen LogP contribution is 2.20. The van der Waals surface area contributed by atoms with E-state index in [1.54, 1.807) is 32.0 Å². The highest BCUT2D eigenvalue weighted by molar-refractivity contribution is 5.91. The van der Waals surface area contributed by atoms with Gasteiger partial charge in [0, 0.05) is 12.5 Å². The lowest BCUT2D eigenvalue weighted by molar-refractivity contribution is -0.116. The van der Waals surface area contributed by atoms with Crippen LogP contribution in [0.15, 0.2) is 30.5 Å². The molecule has 0 saturated carbocycles. The summed E-state index contributed by atoms with van der Waals surface area (Å²) in [6, 6.07) is 6.13. The number of nitrogens with two attached hydrogens (primary N) is 1. The van der Waals surface area contributed by atoms with Crippen molar-refractivity contribution in [2.45, 2.75) is 26.3 Å². The number of carbonyl (C=O) groups excluding carboxylic acids is 1. The standard InChI is InChI=1S/C14H17FN4O/c1-9(16)7-14(20)18-12-8-17-19(10(12)2)13-6-4-3-5-11(13)15/h3-6,8-9H,7,16H2,1-2H3,(H,18,20). The largest absolute Gasteiger partial charge is 0.327 e. The van der Waals surface area contributed by atoms with Crippen molar-refractivity contribution in [1.29, 1.82) is 0 Å². The van der Waals surface area contributed by atoms with Crippen LogP contribution in [0.3, 0.4) is 0 Å².